The van der Waals surface area contributed by atoms with Crippen molar-refractivity contribution in [3.05, 3.63) is 66.0 Å². The van der Waals surface area contributed by atoms with Gasteiger partial charge in [0.25, 0.3) is 5.91 Å². The summed E-state index contributed by atoms with van der Waals surface area (Å²) in [5.41, 5.74) is 1.32. The lowest BCUT2D eigenvalue weighted by Gasteiger charge is -2.34. The van der Waals surface area contributed by atoms with Crippen molar-refractivity contribution in [1.82, 2.24) is 4.90 Å². The summed E-state index contributed by atoms with van der Waals surface area (Å²) in [6, 6.07) is 16.6. The van der Waals surface area contributed by atoms with Gasteiger partial charge in [0.1, 0.15) is 6.54 Å². The zero-order chi connectivity index (χ0) is 18.4. The van der Waals surface area contributed by atoms with Crippen LogP contribution in [0.15, 0.2) is 54.6 Å². The zero-order valence-electron chi connectivity index (χ0n) is 15.2. The van der Waals surface area contributed by atoms with Gasteiger partial charge in [-0.05, 0) is 18.6 Å². The summed E-state index contributed by atoms with van der Waals surface area (Å²) >= 11 is 0. The van der Waals surface area contributed by atoms with Crippen LogP contribution in [0.2, 0.25) is 0 Å². The van der Waals surface area contributed by atoms with E-state index in [2.05, 4.69) is 24.3 Å². The molecular formula is C21H26FN2O2+. The maximum absolute atomic E-state index is 13.8. The quantitative estimate of drug-likeness (QED) is 0.857. The number of ether oxygens (including phenoxy) is 1. The van der Waals surface area contributed by atoms with E-state index in [4.69, 9.17) is 4.74 Å². The van der Waals surface area contributed by atoms with Crippen LogP contribution in [0, 0.1) is 5.82 Å². The van der Waals surface area contributed by atoms with Crippen molar-refractivity contribution in [3.8, 4) is 5.75 Å². The van der Waals surface area contributed by atoms with Gasteiger partial charge in [-0.1, -0.05) is 49.4 Å². The molecule has 1 saturated heterocycles. The fourth-order valence-electron chi connectivity index (χ4n) is 3.31. The van der Waals surface area contributed by atoms with Crippen molar-refractivity contribution in [2.75, 3.05) is 26.2 Å². The van der Waals surface area contributed by atoms with Crippen molar-refractivity contribution in [1.29, 1.82) is 0 Å². The number of para-hydroxylation sites is 1. The Labute approximate surface area is 154 Å². The van der Waals surface area contributed by atoms with Gasteiger partial charge in [-0.25, -0.2) is 4.39 Å². The van der Waals surface area contributed by atoms with E-state index in [9.17, 15) is 9.18 Å². The monoisotopic (exact) mass is 357 g/mol. The number of nitrogens with zero attached hydrogens (tertiary/aromatic N) is 1. The molecule has 3 rings (SSSR count). The van der Waals surface area contributed by atoms with Crippen LogP contribution in [0.1, 0.15) is 18.9 Å². The minimum atomic E-state index is -0.637. The number of piperazine rings is 1. The van der Waals surface area contributed by atoms with Crippen molar-refractivity contribution in [2.24, 2.45) is 0 Å². The minimum absolute atomic E-state index is 0.0467. The molecule has 0 aromatic heterocycles. The molecule has 0 saturated carbocycles. The van der Waals surface area contributed by atoms with Crippen molar-refractivity contribution < 1.29 is 18.8 Å². The number of carbonyl (C=O) groups excluding carboxylic acids is 1. The molecule has 138 valence electrons. The van der Waals surface area contributed by atoms with Crippen LogP contribution in [0.25, 0.3) is 0 Å². The number of quaternary nitrogens is 1. The molecule has 0 aliphatic carbocycles. The minimum Gasteiger partial charge on any atom is -0.478 e. The summed E-state index contributed by atoms with van der Waals surface area (Å²) < 4.78 is 19.5. The normalized spacial score (nSPS) is 16.3. The lowest BCUT2D eigenvalue weighted by atomic mass is 10.1. The fourth-order valence-corrected chi connectivity index (χ4v) is 3.31. The first-order valence-electron chi connectivity index (χ1n) is 9.25. The van der Waals surface area contributed by atoms with Crippen molar-refractivity contribution in [2.45, 2.75) is 26.0 Å². The Bertz CT molecular complexity index is 715. The van der Waals surface area contributed by atoms with E-state index in [0.717, 1.165) is 19.6 Å². The fraction of sp³-hybridized carbons (Fsp3) is 0.381. The second-order valence-electron chi connectivity index (χ2n) is 6.68. The van der Waals surface area contributed by atoms with E-state index >= 15 is 0 Å². The average Bonchev–Trinajstić information content (AvgIpc) is 2.68. The third-order valence-corrected chi connectivity index (χ3v) is 4.83. The summed E-state index contributed by atoms with van der Waals surface area (Å²) in [5.74, 6) is -0.341. The topological polar surface area (TPSA) is 34.0 Å². The molecule has 1 aliphatic rings. The molecule has 26 heavy (non-hydrogen) atoms. The van der Waals surface area contributed by atoms with Crippen molar-refractivity contribution >= 4 is 5.91 Å². The first-order valence-corrected chi connectivity index (χ1v) is 9.25. The molecule has 2 aromatic carbocycles. The SMILES string of the molecule is CC[C@@H](Oc1ccccc1F)C(=O)N1CC[NH+](Cc2ccccc2)CC1. The Hall–Kier alpha value is -2.40. The molecule has 1 fully saturated rings. The van der Waals surface area contributed by atoms with Crippen LogP contribution in [-0.4, -0.2) is 43.1 Å². The first-order chi connectivity index (χ1) is 12.7. The number of halogens is 1. The molecule has 1 N–H and O–H groups in total. The Morgan fingerprint density at radius 3 is 2.42 bits per heavy atom. The van der Waals surface area contributed by atoms with Crippen LogP contribution in [0.5, 0.6) is 5.75 Å². The second-order valence-corrected chi connectivity index (χ2v) is 6.68. The average molecular weight is 357 g/mol. The zero-order valence-corrected chi connectivity index (χ0v) is 15.2. The lowest BCUT2D eigenvalue weighted by molar-refractivity contribution is -0.917. The van der Waals surface area contributed by atoms with Gasteiger partial charge in [0.15, 0.2) is 17.7 Å². The second kappa shape index (κ2) is 8.81. The third kappa shape index (κ3) is 4.61. The van der Waals surface area contributed by atoms with E-state index in [1.807, 2.05) is 17.9 Å². The summed E-state index contributed by atoms with van der Waals surface area (Å²) in [6.07, 6.45) is -0.118. The highest BCUT2D eigenvalue weighted by molar-refractivity contribution is 5.81. The molecule has 0 bridgehead atoms. The highest BCUT2D eigenvalue weighted by Crippen LogP contribution is 2.19. The molecular weight excluding hydrogens is 331 g/mol. The first kappa shape index (κ1) is 18.4. The van der Waals surface area contributed by atoms with Gasteiger partial charge in [-0.3, -0.25) is 4.79 Å². The van der Waals surface area contributed by atoms with Gasteiger partial charge in [-0.15, -0.1) is 0 Å². The summed E-state index contributed by atoms with van der Waals surface area (Å²) in [6.45, 7) is 6.11. The molecule has 4 nitrogen and oxygen atoms in total. The highest BCUT2D eigenvalue weighted by atomic mass is 19.1. The van der Waals surface area contributed by atoms with Crippen molar-refractivity contribution in [3.63, 3.8) is 0 Å². The molecule has 0 radical (unpaired) electrons. The number of carbonyl (C=O) groups is 1. The number of rotatable bonds is 6. The predicted octanol–water partition coefficient (Wildman–Crippen LogP) is 1.91. The van der Waals surface area contributed by atoms with Gasteiger partial charge in [-0.2, -0.15) is 0 Å². The van der Waals surface area contributed by atoms with Crippen LogP contribution >= 0.6 is 0 Å². The third-order valence-electron chi connectivity index (χ3n) is 4.83. The largest absolute Gasteiger partial charge is 0.478 e. The maximum Gasteiger partial charge on any atom is 0.264 e. The molecule has 1 aliphatic heterocycles. The molecule has 0 unspecified atom stereocenters. The van der Waals surface area contributed by atoms with Gasteiger partial charge in [0.2, 0.25) is 0 Å². The summed E-state index contributed by atoms with van der Waals surface area (Å²) in [5, 5.41) is 0. The molecule has 5 heteroatoms. The Morgan fingerprint density at radius 1 is 1.12 bits per heavy atom. The molecule has 1 amide bonds. The molecule has 1 heterocycles. The Kier molecular flexibility index (Phi) is 6.23. The van der Waals surface area contributed by atoms with Crippen LogP contribution in [-0.2, 0) is 11.3 Å². The molecule has 1 atom stereocenters. The predicted molar refractivity (Wildman–Crippen MR) is 98.5 cm³/mol. The Balaban J connectivity index is 1.54. The number of nitrogens with one attached hydrogen (secondary N) is 1. The smallest absolute Gasteiger partial charge is 0.264 e. The van der Waals surface area contributed by atoms with Crippen LogP contribution in [0.3, 0.4) is 0 Å². The van der Waals surface area contributed by atoms with E-state index in [0.29, 0.717) is 19.5 Å². The highest BCUT2D eigenvalue weighted by Gasteiger charge is 2.29. The van der Waals surface area contributed by atoms with Gasteiger partial charge < -0.3 is 14.5 Å². The summed E-state index contributed by atoms with van der Waals surface area (Å²) in [4.78, 5) is 16.1. The lowest BCUT2D eigenvalue weighted by Crippen LogP contribution is -3.13. The van der Waals surface area contributed by atoms with E-state index < -0.39 is 11.9 Å². The van der Waals surface area contributed by atoms with E-state index in [-0.39, 0.29) is 11.7 Å². The van der Waals surface area contributed by atoms with Crippen LogP contribution < -0.4 is 9.64 Å². The number of amides is 1. The van der Waals surface area contributed by atoms with E-state index in [1.54, 1.807) is 18.2 Å². The number of benzene rings is 2. The van der Waals surface area contributed by atoms with Crippen LogP contribution in [0.4, 0.5) is 4.39 Å². The Morgan fingerprint density at radius 2 is 1.77 bits per heavy atom. The number of hydrogen-bond donors (Lipinski definition) is 1. The maximum atomic E-state index is 13.8. The number of hydrogen-bond acceptors (Lipinski definition) is 2. The van der Waals surface area contributed by atoms with Gasteiger partial charge >= 0.3 is 0 Å². The van der Waals surface area contributed by atoms with E-state index in [1.165, 1.54) is 16.5 Å². The standard InChI is InChI=1S/C21H25FN2O2/c1-2-19(26-20-11-7-6-10-18(20)22)21(25)24-14-12-23(13-15-24)16-17-8-4-3-5-9-17/h3-11,19H,2,12-16H2,1H3/p+1/t19-/m1/s1. The summed E-state index contributed by atoms with van der Waals surface area (Å²) in [7, 11) is 0. The molecule has 2 aromatic rings. The van der Waals surface area contributed by atoms with Gasteiger partial charge in [0.05, 0.1) is 26.2 Å². The van der Waals surface area contributed by atoms with Gasteiger partial charge in [0, 0.05) is 5.56 Å². The molecule has 0 spiro atoms.